The Bertz CT molecular complexity index is 3000. The molecule has 0 bridgehead atoms. The van der Waals surface area contributed by atoms with E-state index < -0.39 is 0 Å². The molecule has 0 spiro atoms. The van der Waals surface area contributed by atoms with Gasteiger partial charge in [0.25, 0.3) is 0 Å². The lowest BCUT2D eigenvalue weighted by Gasteiger charge is -2.20. The van der Waals surface area contributed by atoms with Gasteiger partial charge in [0.15, 0.2) is 0 Å². The van der Waals surface area contributed by atoms with Crippen LogP contribution in [0.2, 0.25) is 0 Å². The van der Waals surface area contributed by atoms with E-state index in [0.717, 1.165) is 44.3 Å². The van der Waals surface area contributed by atoms with E-state index in [1.165, 1.54) is 66.1 Å². The zero-order chi connectivity index (χ0) is 35.0. The molecule has 1 aliphatic carbocycles. The van der Waals surface area contributed by atoms with Crippen molar-refractivity contribution in [2.45, 2.75) is 0 Å². The van der Waals surface area contributed by atoms with Crippen molar-refractivity contribution in [1.29, 1.82) is 0 Å². The Kier molecular flexibility index (Phi) is 6.40. The molecular formula is C50H30N2O. The molecular weight excluding hydrogens is 645 g/mol. The Labute approximate surface area is 306 Å². The van der Waals surface area contributed by atoms with E-state index in [1.54, 1.807) is 12.1 Å². The van der Waals surface area contributed by atoms with Gasteiger partial charge in [0.2, 0.25) is 0 Å². The molecule has 10 aromatic rings. The first-order chi connectivity index (χ1) is 26.2. The maximum absolute atomic E-state index is 9.87. The normalized spacial score (nSPS) is 11.8. The van der Waals surface area contributed by atoms with Crippen LogP contribution in [-0.4, -0.2) is 15.1 Å². The predicted octanol–water partition coefficient (Wildman–Crippen LogP) is 13.1. The van der Waals surface area contributed by atoms with Crippen molar-refractivity contribution in [3.63, 3.8) is 0 Å². The van der Waals surface area contributed by atoms with Crippen molar-refractivity contribution < 1.29 is 5.11 Å². The number of nitrogens with zero attached hydrogens (tertiary/aromatic N) is 2. The van der Waals surface area contributed by atoms with E-state index in [2.05, 4.69) is 146 Å². The third-order valence-electron chi connectivity index (χ3n) is 10.9. The van der Waals surface area contributed by atoms with E-state index in [4.69, 9.17) is 9.97 Å². The summed E-state index contributed by atoms with van der Waals surface area (Å²) in [6.07, 6.45) is 0. The Morgan fingerprint density at radius 1 is 0.321 bits per heavy atom. The molecule has 0 atom stereocenters. The van der Waals surface area contributed by atoms with Gasteiger partial charge in [0.1, 0.15) is 5.75 Å². The van der Waals surface area contributed by atoms with Crippen LogP contribution in [0.5, 0.6) is 5.75 Å². The van der Waals surface area contributed by atoms with E-state index in [-0.39, 0.29) is 5.75 Å². The summed E-state index contributed by atoms with van der Waals surface area (Å²) in [7, 11) is 0. The van der Waals surface area contributed by atoms with Crippen LogP contribution in [0.4, 0.5) is 0 Å². The fraction of sp³-hybridized carbons (Fsp3) is 0. The zero-order valence-corrected chi connectivity index (χ0v) is 28.6. The van der Waals surface area contributed by atoms with Crippen LogP contribution in [0.15, 0.2) is 176 Å². The van der Waals surface area contributed by atoms with Crippen molar-refractivity contribution in [3.8, 4) is 72.8 Å². The summed E-state index contributed by atoms with van der Waals surface area (Å²) in [5, 5.41) is 16.9. The topological polar surface area (TPSA) is 46.0 Å². The van der Waals surface area contributed by atoms with Crippen LogP contribution in [-0.2, 0) is 0 Å². The smallest absolute Gasteiger partial charge is 0.115 e. The summed E-state index contributed by atoms with van der Waals surface area (Å²) >= 11 is 0. The Morgan fingerprint density at radius 3 is 1.43 bits per heavy atom. The fourth-order valence-corrected chi connectivity index (χ4v) is 8.54. The summed E-state index contributed by atoms with van der Waals surface area (Å²) in [6, 6.07) is 61.8. The third-order valence-corrected chi connectivity index (χ3v) is 10.9. The molecule has 53 heavy (non-hydrogen) atoms. The summed E-state index contributed by atoms with van der Waals surface area (Å²) in [5.74, 6) is 0.237. The molecule has 8 aromatic carbocycles. The Morgan fingerprint density at radius 2 is 0.811 bits per heavy atom. The van der Waals surface area contributed by atoms with Gasteiger partial charge in [-0.3, -0.25) is 0 Å². The summed E-state index contributed by atoms with van der Waals surface area (Å²) < 4.78 is 0. The van der Waals surface area contributed by atoms with Crippen LogP contribution in [0.3, 0.4) is 0 Å². The van der Waals surface area contributed by atoms with Crippen molar-refractivity contribution >= 4 is 43.4 Å². The van der Waals surface area contributed by atoms with Crippen LogP contribution in [0.1, 0.15) is 0 Å². The highest BCUT2D eigenvalue weighted by Gasteiger charge is 2.31. The van der Waals surface area contributed by atoms with Gasteiger partial charge in [-0.2, -0.15) is 0 Å². The fourth-order valence-electron chi connectivity index (χ4n) is 8.54. The van der Waals surface area contributed by atoms with Gasteiger partial charge in [0.05, 0.1) is 22.4 Å². The largest absolute Gasteiger partial charge is 0.508 e. The maximum Gasteiger partial charge on any atom is 0.115 e. The first-order valence-corrected chi connectivity index (χ1v) is 18.0. The van der Waals surface area contributed by atoms with E-state index in [1.807, 2.05) is 18.2 Å². The van der Waals surface area contributed by atoms with Gasteiger partial charge >= 0.3 is 0 Å². The van der Waals surface area contributed by atoms with E-state index in [9.17, 15) is 5.11 Å². The van der Waals surface area contributed by atoms with E-state index >= 15 is 0 Å². The predicted molar refractivity (Wildman–Crippen MR) is 220 cm³/mol. The molecule has 1 aliphatic rings. The highest BCUT2D eigenvalue weighted by atomic mass is 16.3. The van der Waals surface area contributed by atoms with Crippen molar-refractivity contribution in [1.82, 2.24) is 9.97 Å². The second kappa shape index (κ2) is 11.5. The van der Waals surface area contributed by atoms with Gasteiger partial charge in [-0.15, -0.1) is 0 Å². The van der Waals surface area contributed by atoms with Crippen LogP contribution in [0, 0.1) is 0 Å². The van der Waals surface area contributed by atoms with Gasteiger partial charge in [0, 0.05) is 21.9 Å². The molecule has 0 radical (unpaired) electrons. The Balaban J connectivity index is 1.18. The second-order valence-electron chi connectivity index (χ2n) is 13.8. The standard InChI is InChI=1S/C50H30N2O/c53-35-24-20-30(21-25-35)42-28-22-33-18-19-34-23-29-43(52-50(34)49(33)51-42)36-26-27-41-46-37(36)16-9-17-40(46)47-44(31-10-3-1-4-11-31)38-14-7-8-15-39(38)45(48(41)47)32-12-5-2-6-13-32/h1-29,53H. The molecule has 2 aromatic heterocycles. The lowest BCUT2D eigenvalue weighted by atomic mass is 9.82. The molecule has 0 saturated heterocycles. The first kappa shape index (κ1) is 29.6. The molecule has 0 saturated carbocycles. The SMILES string of the molecule is Oc1ccc(-c2ccc3ccc4ccc(-c5ccc6c7c(cccc57)-c5c-6c(-c6ccccc6)c6ccccc6c5-c5ccccc5)nc4c3n2)cc1. The molecule has 11 rings (SSSR count). The van der Waals surface area contributed by atoms with E-state index in [0.29, 0.717) is 0 Å². The molecule has 246 valence electrons. The van der Waals surface area contributed by atoms with Gasteiger partial charge in [-0.1, -0.05) is 140 Å². The number of phenolic OH excluding ortho intramolecular Hbond substituents is 1. The van der Waals surface area contributed by atoms with Gasteiger partial charge in [-0.05, 0) is 102 Å². The second-order valence-corrected chi connectivity index (χ2v) is 13.8. The molecule has 3 heteroatoms. The minimum absolute atomic E-state index is 0.237. The van der Waals surface area contributed by atoms with Crippen molar-refractivity contribution in [3.05, 3.63) is 176 Å². The van der Waals surface area contributed by atoms with Crippen LogP contribution < -0.4 is 0 Å². The number of hydrogen-bond acceptors (Lipinski definition) is 3. The summed E-state index contributed by atoms with van der Waals surface area (Å²) in [5.41, 5.74) is 15.6. The number of hydrogen-bond donors (Lipinski definition) is 1. The molecule has 1 N–H and O–H groups in total. The first-order valence-electron chi connectivity index (χ1n) is 18.0. The molecule has 2 heterocycles. The number of pyridine rings is 2. The number of aromatic nitrogens is 2. The highest BCUT2D eigenvalue weighted by molar-refractivity contribution is 6.28. The lowest BCUT2D eigenvalue weighted by molar-refractivity contribution is 0.475. The van der Waals surface area contributed by atoms with Gasteiger partial charge < -0.3 is 5.11 Å². The van der Waals surface area contributed by atoms with Gasteiger partial charge in [-0.25, -0.2) is 9.97 Å². The highest BCUT2D eigenvalue weighted by Crippen LogP contribution is 2.58. The summed E-state index contributed by atoms with van der Waals surface area (Å²) in [4.78, 5) is 10.5. The average molecular weight is 675 g/mol. The lowest BCUT2D eigenvalue weighted by Crippen LogP contribution is -1.93. The number of aromatic hydroxyl groups is 1. The molecule has 3 nitrogen and oxygen atoms in total. The van der Waals surface area contributed by atoms with Crippen LogP contribution >= 0.6 is 0 Å². The quantitative estimate of drug-likeness (QED) is 0.189. The number of phenols is 1. The summed E-state index contributed by atoms with van der Waals surface area (Å²) in [6.45, 7) is 0. The van der Waals surface area contributed by atoms with Crippen LogP contribution in [0.25, 0.3) is 110 Å². The number of fused-ring (bicyclic) bond motifs is 7. The number of rotatable bonds is 4. The monoisotopic (exact) mass is 674 g/mol. The third kappa shape index (κ3) is 4.47. The van der Waals surface area contributed by atoms with Crippen molar-refractivity contribution in [2.75, 3.05) is 0 Å². The molecule has 0 unspecified atom stereocenters. The minimum Gasteiger partial charge on any atom is -0.508 e. The molecule has 0 fully saturated rings. The molecule has 0 amide bonds. The minimum atomic E-state index is 0.237. The maximum atomic E-state index is 9.87. The zero-order valence-electron chi connectivity index (χ0n) is 28.6. The molecule has 0 aliphatic heterocycles. The average Bonchev–Trinajstić information content (AvgIpc) is 3.55. The van der Waals surface area contributed by atoms with Crippen molar-refractivity contribution in [2.24, 2.45) is 0 Å². The number of benzene rings is 8. The Hall–Kier alpha value is -7.10.